The van der Waals surface area contributed by atoms with Crippen LogP contribution in [0.3, 0.4) is 0 Å². The van der Waals surface area contributed by atoms with E-state index in [4.69, 9.17) is 23.2 Å². The van der Waals surface area contributed by atoms with Crippen molar-refractivity contribution in [1.82, 2.24) is 9.97 Å². The lowest BCUT2D eigenvalue weighted by molar-refractivity contribution is 0.248. The Morgan fingerprint density at radius 3 is 2.50 bits per heavy atom. The van der Waals surface area contributed by atoms with Crippen molar-refractivity contribution in [3.05, 3.63) is 40.0 Å². The average Bonchev–Trinajstić information content (AvgIpc) is 2.54. The van der Waals surface area contributed by atoms with Crippen LogP contribution in [-0.2, 0) is 6.54 Å². The Balaban J connectivity index is 2.14. The van der Waals surface area contributed by atoms with Gasteiger partial charge < -0.3 is 0 Å². The fourth-order valence-electron chi connectivity index (χ4n) is 2.65. The average molecular weight is 383 g/mol. The van der Waals surface area contributed by atoms with Crippen LogP contribution in [0.1, 0.15) is 19.4 Å². The topological polar surface area (TPSA) is 49.3 Å². The van der Waals surface area contributed by atoms with Gasteiger partial charge in [0.15, 0.2) is 5.16 Å². The molecule has 2 aromatic rings. The van der Waals surface area contributed by atoms with Crippen molar-refractivity contribution in [3.63, 3.8) is 0 Å². The van der Waals surface area contributed by atoms with Gasteiger partial charge >= 0.3 is 6.03 Å². The number of anilines is 2. The van der Waals surface area contributed by atoms with Crippen LogP contribution in [0.4, 0.5) is 16.3 Å². The number of benzene rings is 1. The molecule has 0 atom stereocenters. The third kappa shape index (κ3) is 2.94. The summed E-state index contributed by atoms with van der Waals surface area (Å²) < 4.78 is 0. The van der Waals surface area contributed by atoms with Gasteiger partial charge in [0.05, 0.1) is 22.3 Å². The Morgan fingerprint density at radius 1 is 1.25 bits per heavy atom. The molecule has 0 aliphatic carbocycles. The Morgan fingerprint density at radius 2 is 1.92 bits per heavy atom. The zero-order valence-electron chi connectivity index (χ0n) is 13.5. The van der Waals surface area contributed by atoms with Crippen LogP contribution in [0.25, 0.3) is 0 Å². The number of halogens is 2. The molecule has 2 amide bonds. The summed E-state index contributed by atoms with van der Waals surface area (Å²) in [5, 5.41) is 1.51. The highest BCUT2D eigenvalue weighted by atomic mass is 35.5. The summed E-state index contributed by atoms with van der Waals surface area (Å²) >= 11 is 14.0. The normalized spacial score (nSPS) is 14.3. The highest BCUT2D eigenvalue weighted by molar-refractivity contribution is 7.98. The first-order chi connectivity index (χ1) is 11.4. The molecule has 1 aromatic heterocycles. The van der Waals surface area contributed by atoms with E-state index in [2.05, 4.69) is 9.97 Å². The van der Waals surface area contributed by atoms with Gasteiger partial charge in [-0.15, -0.1) is 0 Å². The van der Waals surface area contributed by atoms with Gasteiger partial charge in [-0.1, -0.05) is 41.0 Å². The van der Waals surface area contributed by atoms with Crippen molar-refractivity contribution in [2.75, 3.05) is 16.1 Å². The lowest BCUT2D eigenvalue weighted by atomic mass is 10.1. The van der Waals surface area contributed by atoms with E-state index in [9.17, 15) is 4.79 Å². The number of carbonyl (C=O) groups is 1. The minimum atomic E-state index is -0.196. The number of rotatable bonds is 3. The molecule has 0 N–H and O–H groups in total. The van der Waals surface area contributed by atoms with E-state index in [-0.39, 0.29) is 12.1 Å². The molecule has 0 bridgehead atoms. The van der Waals surface area contributed by atoms with Crippen molar-refractivity contribution < 1.29 is 4.79 Å². The standard InChI is InChI=1S/C16H16Cl2N4OS/c1-9(2)22-14-10(7-19-15(20-14)24-3)8-21(16(22)23)13-11(17)5-4-6-12(13)18/h4-7,9H,8H2,1-3H3. The van der Waals surface area contributed by atoms with E-state index in [0.29, 0.717) is 33.3 Å². The highest BCUT2D eigenvalue weighted by Gasteiger charge is 2.36. The maximum Gasteiger partial charge on any atom is 0.330 e. The molecule has 126 valence electrons. The van der Waals surface area contributed by atoms with Gasteiger partial charge in [-0.05, 0) is 32.2 Å². The number of para-hydroxylation sites is 1. The predicted molar refractivity (Wildman–Crippen MR) is 99.5 cm³/mol. The van der Waals surface area contributed by atoms with Gasteiger partial charge in [0.25, 0.3) is 0 Å². The fraction of sp³-hybridized carbons (Fsp3) is 0.312. The zero-order valence-corrected chi connectivity index (χ0v) is 15.8. The largest absolute Gasteiger partial charge is 0.330 e. The number of carbonyl (C=O) groups excluding carboxylic acids is 1. The molecule has 24 heavy (non-hydrogen) atoms. The molecule has 2 heterocycles. The minimum Gasteiger partial charge on any atom is -0.286 e. The summed E-state index contributed by atoms with van der Waals surface area (Å²) in [4.78, 5) is 25.2. The van der Waals surface area contributed by atoms with Gasteiger partial charge in [0.2, 0.25) is 0 Å². The summed E-state index contributed by atoms with van der Waals surface area (Å²) in [6, 6.07) is 4.94. The SMILES string of the molecule is CSc1ncc2c(n1)N(C(C)C)C(=O)N(c1c(Cl)cccc1Cl)C2. The second-order valence-electron chi connectivity index (χ2n) is 5.61. The molecule has 0 spiro atoms. The lowest BCUT2D eigenvalue weighted by Gasteiger charge is -2.38. The summed E-state index contributed by atoms with van der Waals surface area (Å²) in [5.41, 5.74) is 1.37. The van der Waals surface area contributed by atoms with Gasteiger partial charge in [-0.25, -0.2) is 14.8 Å². The minimum absolute atomic E-state index is 0.0649. The van der Waals surface area contributed by atoms with E-state index in [0.717, 1.165) is 5.56 Å². The molecule has 0 fully saturated rings. The number of hydrogen-bond acceptors (Lipinski definition) is 4. The number of amides is 2. The van der Waals surface area contributed by atoms with Crippen molar-refractivity contribution >= 4 is 52.5 Å². The van der Waals surface area contributed by atoms with E-state index in [1.165, 1.54) is 11.8 Å². The first-order valence-electron chi connectivity index (χ1n) is 7.38. The zero-order chi connectivity index (χ0) is 17.4. The maximum atomic E-state index is 13.1. The monoisotopic (exact) mass is 382 g/mol. The Bertz CT molecular complexity index is 779. The molecule has 3 rings (SSSR count). The number of thioether (sulfide) groups is 1. The molecule has 0 saturated carbocycles. The van der Waals surface area contributed by atoms with Crippen molar-refractivity contribution in [2.45, 2.75) is 31.6 Å². The molecule has 0 radical (unpaired) electrons. The molecule has 5 nitrogen and oxygen atoms in total. The Kier molecular flexibility index (Phi) is 4.90. The number of urea groups is 1. The van der Waals surface area contributed by atoms with Crippen molar-refractivity contribution in [2.24, 2.45) is 0 Å². The van der Waals surface area contributed by atoms with E-state index in [1.54, 1.807) is 34.2 Å². The van der Waals surface area contributed by atoms with Crippen LogP contribution < -0.4 is 9.80 Å². The molecule has 0 saturated heterocycles. The number of aromatic nitrogens is 2. The summed E-state index contributed by atoms with van der Waals surface area (Å²) in [5.74, 6) is 0.647. The Labute approximate surface area is 155 Å². The van der Waals surface area contributed by atoms with Crippen LogP contribution in [0, 0.1) is 0 Å². The van der Waals surface area contributed by atoms with Crippen LogP contribution in [0.2, 0.25) is 10.0 Å². The van der Waals surface area contributed by atoms with Crippen LogP contribution in [0.15, 0.2) is 29.6 Å². The van der Waals surface area contributed by atoms with E-state index >= 15 is 0 Å². The lowest BCUT2D eigenvalue weighted by Crippen LogP contribution is -2.51. The summed E-state index contributed by atoms with van der Waals surface area (Å²) in [7, 11) is 0. The molecular formula is C16H16Cl2N4OS. The smallest absolute Gasteiger partial charge is 0.286 e. The number of fused-ring (bicyclic) bond motifs is 1. The third-order valence-corrected chi connectivity index (χ3v) is 4.89. The second kappa shape index (κ2) is 6.78. The first kappa shape index (κ1) is 17.3. The van der Waals surface area contributed by atoms with Gasteiger partial charge in [-0.2, -0.15) is 0 Å². The van der Waals surface area contributed by atoms with E-state index < -0.39 is 0 Å². The van der Waals surface area contributed by atoms with Gasteiger partial charge in [0.1, 0.15) is 5.82 Å². The molecule has 1 aromatic carbocycles. The van der Waals surface area contributed by atoms with Gasteiger partial charge in [-0.3, -0.25) is 9.80 Å². The van der Waals surface area contributed by atoms with Crippen molar-refractivity contribution in [1.29, 1.82) is 0 Å². The van der Waals surface area contributed by atoms with Crippen LogP contribution >= 0.6 is 35.0 Å². The fourth-order valence-corrected chi connectivity index (χ4v) is 3.58. The van der Waals surface area contributed by atoms with E-state index in [1.807, 2.05) is 20.1 Å². The van der Waals surface area contributed by atoms with Crippen LogP contribution in [0.5, 0.6) is 0 Å². The summed E-state index contributed by atoms with van der Waals surface area (Å²) in [6.07, 6.45) is 3.66. The third-order valence-electron chi connectivity index (χ3n) is 3.72. The predicted octanol–water partition coefficient (Wildman–Crippen LogP) is 4.86. The molecule has 1 aliphatic rings. The molecule has 8 heteroatoms. The second-order valence-corrected chi connectivity index (χ2v) is 7.20. The maximum absolute atomic E-state index is 13.1. The molecule has 1 aliphatic heterocycles. The number of hydrogen-bond donors (Lipinski definition) is 0. The van der Waals surface area contributed by atoms with Crippen LogP contribution in [-0.4, -0.2) is 28.3 Å². The van der Waals surface area contributed by atoms with Crippen molar-refractivity contribution in [3.8, 4) is 0 Å². The molecule has 0 unspecified atom stereocenters. The molecular weight excluding hydrogens is 367 g/mol. The quantitative estimate of drug-likeness (QED) is 0.561. The first-order valence-corrected chi connectivity index (χ1v) is 9.36. The number of nitrogens with zero attached hydrogens (tertiary/aromatic N) is 4. The highest BCUT2D eigenvalue weighted by Crippen LogP contribution is 2.39. The summed E-state index contributed by atoms with van der Waals surface area (Å²) in [6.45, 7) is 4.22. The van der Waals surface area contributed by atoms with Gasteiger partial charge in [0, 0.05) is 17.8 Å². The Hall–Kier alpha value is -1.50.